The van der Waals surface area contributed by atoms with E-state index in [4.69, 9.17) is 5.84 Å². The highest BCUT2D eigenvalue weighted by Gasteiger charge is 2.12. The van der Waals surface area contributed by atoms with Gasteiger partial charge in [-0.2, -0.15) is 0 Å². The van der Waals surface area contributed by atoms with Gasteiger partial charge >= 0.3 is 0 Å². The summed E-state index contributed by atoms with van der Waals surface area (Å²) >= 11 is 3.39. The maximum atomic E-state index is 13.3. The normalized spacial score (nSPS) is 12.4. The maximum absolute atomic E-state index is 13.3. The Morgan fingerprint density at radius 2 is 2.16 bits per heavy atom. The van der Waals surface area contributed by atoms with Gasteiger partial charge in [0.25, 0.3) is 0 Å². The SMILES string of the molecule is Cc1cc(C(Cc2cncc(Br)c2)NN)ccc1F. The molecule has 1 aromatic heterocycles. The van der Waals surface area contributed by atoms with Crippen molar-refractivity contribution in [2.45, 2.75) is 19.4 Å². The number of benzene rings is 1. The molecule has 0 aliphatic rings. The van der Waals surface area contributed by atoms with Gasteiger partial charge in [0.1, 0.15) is 5.82 Å². The molecule has 2 aromatic rings. The summed E-state index contributed by atoms with van der Waals surface area (Å²) in [5.74, 6) is 5.40. The summed E-state index contributed by atoms with van der Waals surface area (Å²) in [5.41, 5.74) is 5.40. The molecule has 0 spiro atoms. The van der Waals surface area contributed by atoms with E-state index in [1.54, 1.807) is 25.4 Å². The van der Waals surface area contributed by atoms with Crippen LogP contribution in [0.15, 0.2) is 41.1 Å². The predicted octanol–water partition coefficient (Wildman–Crippen LogP) is 3.04. The molecular weight excluding hydrogens is 309 g/mol. The molecule has 0 bridgehead atoms. The zero-order chi connectivity index (χ0) is 13.8. The molecule has 1 heterocycles. The van der Waals surface area contributed by atoms with Crippen LogP contribution in [0.25, 0.3) is 0 Å². The molecule has 3 nitrogen and oxygen atoms in total. The summed E-state index contributed by atoms with van der Waals surface area (Å²) in [6, 6.07) is 6.95. The van der Waals surface area contributed by atoms with Gasteiger partial charge in [0.05, 0.1) is 6.04 Å². The second kappa shape index (κ2) is 6.23. The van der Waals surface area contributed by atoms with Crippen molar-refractivity contribution in [2.24, 2.45) is 5.84 Å². The van der Waals surface area contributed by atoms with E-state index in [0.29, 0.717) is 12.0 Å². The van der Waals surface area contributed by atoms with Gasteiger partial charge in [-0.3, -0.25) is 16.3 Å². The Hall–Kier alpha value is -1.30. The van der Waals surface area contributed by atoms with Crippen LogP contribution in [0.1, 0.15) is 22.7 Å². The molecule has 0 aliphatic carbocycles. The number of aryl methyl sites for hydroxylation is 1. The van der Waals surface area contributed by atoms with Crippen molar-refractivity contribution in [3.63, 3.8) is 0 Å². The zero-order valence-corrected chi connectivity index (χ0v) is 12.1. The number of aromatic nitrogens is 1. The molecule has 1 atom stereocenters. The zero-order valence-electron chi connectivity index (χ0n) is 10.5. The molecular formula is C14H15BrFN3. The Morgan fingerprint density at radius 1 is 1.37 bits per heavy atom. The Kier molecular flexibility index (Phi) is 4.63. The van der Waals surface area contributed by atoms with Gasteiger partial charge in [-0.05, 0) is 58.1 Å². The summed E-state index contributed by atoms with van der Waals surface area (Å²) in [7, 11) is 0. The fourth-order valence-corrected chi connectivity index (χ4v) is 2.37. The molecule has 0 amide bonds. The van der Waals surface area contributed by atoms with E-state index in [-0.39, 0.29) is 11.9 Å². The van der Waals surface area contributed by atoms with Crippen LogP contribution in [-0.2, 0) is 6.42 Å². The number of rotatable bonds is 4. The van der Waals surface area contributed by atoms with Crippen LogP contribution < -0.4 is 11.3 Å². The molecule has 1 unspecified atom stereocenters. The quantitative estimate of drug-likeness (QED) is 0.671. The third kappa shape index (κ3) is 3.59. The highest BCUT2D eigenvalue weighted by Crippen LogP contribution is 2.21. The number of nitrogens with one attached hydrogen (secondary N) is 1. The molecule has 1 aromatic carbocycles. The summed E-state index contributed by atoms with van der Waals surface area (Å²) in [4.78, 5) is 4.12. The van der Waals surface area contributed by atoms with E-state index < -0.39 is 0 Å². The van der Waals surface area contributed by atoms with Crippen LogP contribution in [-0.4, -0.2) is 4.98 Å². The predicted molar refractivity (Wildman–Crippen MR) is 76.8 cm³/mol. The molecule has 5 heteroatoms. The number of nitrogens with two attached hydrogens (primary N) is 1. The Balaban J connectivity index is 2.22. The smallest absolute Gasteiger partial charge is 0.126 e. The molecule has 100 valence electrons. The lowest BCUT2D eigenvalue weighted by atomic mass is 9.99. The van der Waals surface area contributed by atoms with E-state index in [1.165, 1.54) is 6.07 Å². The van der Waals surface area contributed by atoms with E-state index in [9.17, 15) is 4.39 Å². The van der Waals surface area contributed by atoms with Gasteiger partial charge in [0.2, 0.25) is 0 Å². The highest BCUT2D eigenvalue weighted by molar-refractivity contribution is 9.10. The molecule has 0 aliphatic heterocycles. The van der Waals surface area contributed by atoms with Crippen molar-refractivity contribution in [2.75, 3.05) is 0 Å². The standard InChI is InChI=1S/C14H15BrFN3/c1-9-4-11(2-3-13(9)16)14(19-17)6-10-5-12(15)8-18-7-10/h2-5,7-8,14,19H,6,17H2,1H3. The number of hydrogen-bond acceptors (Lipinski definition) is 3. The highest BCUT2D eigenvalue weighted by atomic mass is 79.9. The lowest BCUT2D eigenvalue weighted by Gasteiger charge is -2.17. The van der Waals surface area contributed by atoms with Gasteiger partial charge in [-0.1, -0.05) is 12.1 Å². The first-order valence-electron chi connectivity index (χ1n) is 5.91. The first-order chi connectivity index (χ1) is 9.10. The van der Waals surface area contributed by atoms with Crippen LogP contribution in [0, 0.1) is 12.7 Å². The first kappa shape index (κ1) is 14.1. The van der Waals surface area contributed by atoms with E-state index in [0.717, 1.165) is 15.6 Å². The van der Waals surface area contributed by atoms with Gasteiger partial charge in [0.15, 0.2) is 0 Å². The molecule has 0 radical (unpaired) electrons. The summed E-state index contributed by atoms with van der Waals surface area (Å²) in [6.07, 6.45) is 4.22. The first-order valence-corrected chi connectivity index (χ1v) is 6.71. The van der Waals surface area contributed by atoms with Crippen LogP contribution in [0.2, 0.25) is 0 Å². The molecule has 19 heavy (non-hydrogen) atoms. The third-order valence-corrected chi connectivity index (χ3v) is 3.42. The van der Waals surface area contributed by atoms with Crippen LogP contribution >= 0.6 is 15.9 Å². The Morgan fingerprint density at radius 3 is 2.79 bits per heavy atom. The average molecular weight is 324 g/mol. The number of pyridine rings is 1. The van der Waals surface area contributed by atoms with Gasteiger partial charge < -0.3 is 0 Å². The Labute approximate surface area is 120 Å². The fourth-order valence-electron chi connectivity index (χ4n) is 1.96. The van der Waals surface area contributed by atoms with Crippen molar-refractivity contribution >= 4 is 15.9 Å². The fraction of sp³-hybridized carbons (Fsp3) is 0.214. The van der Waals surface area contributed by atoms with Gasteiger partial charge in [0, 0.05) is 16.9 Å². The average Bonchev–Trinajstić information content (AvgIpc) is 2.39. The minimum Gasteiger partial charge on any atom is -0.271 e. The molecule has 3 N–H and O–H groups in total. The van der Waals surface area contributed by atoms with E-state index in [2.05, 4.69) is 26.3 Å². The summed E-state index contributed by atoms with van der Waals surface area (Å²) in [6.45, 7) is 1.74. The van der Waals surface area contributed by atoms with Crippen molar-refractivity contribution in [1.82, 2.24) is 10.4 Å². The number of hydrazine groups is 1. The minimum atomic E-state index is -0.205. The number of halogens is 2. The van der Waals surface area contributed by atoms with Crippen molar-refractivity contribution in [1.29, 1.82) is 0 Å². The van der Waals surface area contributed by atoms with Crippen molar-refractivity contribution < 1.29 is 4.39 Å². The minimum absolute atomic E-state index is 0.0737. The lowest BCUT2D eigenvalue weighted by molar-refractivity contribution is 0.547. The second-order valence-electron chi connectivity index (χ2n) is 4.44. The van der Waals surface area contributed by atoms with Gasteiger partial charge in [-0.25, -0.2) is 4.39 Å². The number of nitrogens with zero attached hydrogens (tertiary/aromatic N) is 1. The van der Waals surface area contributed by atoms with Crippen molar-refractivity contribution in [3.05, 3.63) is 63.6 Å². The van der Waals surface area contributed by atoms with Crippen LogP contribution in [0.4, 0.5) is 4.39 Å². The molecule has 0 saturated carbocycles. The van der Waals surface area contributed by atoms with Crippen LogP contribution in [0.5, 0.6) is 0 Å². The topological polar surface area (TPSA) is 50.9 Å². The van der Waals surface area contributed by atoms with Crippen molar-refractivity contribution in [3.8, 4) is 0 Å². The summed E-state index contributed by atoms with van der Waals surface area (Å²) < 4.78 is 14.2. The summed E-state index contributed by atoms with van der Waals surface area (Å²) in [5, 5.41) is 0. The third-order valence-electron chi connectivity index (χ3n) is 2.99. The lowest BCUT2D eigenvalue weighted by Crippen LogP contribution is -2.29. The van der Waals surface area contributed by atoms with Crippen LogP contribution in [0.3, 0.4) is 0 Å². The second-order valence-corrected chi connectivity index (χ2v) is 5.36. The molecule has 0 saturated heterocycles. The van der Waals surface area contributed by atoms with E-state index in [1.807, 2.05) is 12.1 Å². The Bertz CT molecular complexity index is 574. The maximum Gasteiger partial charge on any atom is 0.126 e. The monoisotopic (exact) mass is 323 g/mol. The molecule has 2 rings (SSSR count). The molecule has 0 fully saturated rings. The largest absolute Gasteiger partial charge is 0.271 e. The van der Waals surface area contributed by atoms with E-state index >= 15 is 0 Å². The van der Waals surface area contributed by atoms with Gasteiger partial charge in [-0.15, -0.1) is 0 Å². The number of hydrogen-bond donors (Lipinski definition) is 2.